The molecule has 0 amide bonds. The molecule has 0 saturated carbocycles. The van der Waals surface area contributed by atoms with Gasteiger partial charge in [-0.15, -0.1) is 0 Å². The normalized spacial score (nSPS) is 8.64. The Hall–Kier alpha value is -1.81. The van der Waals surface area contributed by atoms with Gasteiger partial charge in [-0.1, -0.05) is 36.1 Å². The largest absolute Gasteiger partial charge is 0.302 e. The number of allylic oxidation sites excluding steroid dienone is 1. The molecule has 1 aromatic rings. The van der Waals surface area contributed by atoms with Gasteiger partial charge in [0.05, 0.1) is 6.42 Å². The number of aldehydes is 1. The van der Waals surface area contributed by atoms with Gasteiger partial charge >= 0.3 is 0 Å². The molecule has 0 fully saturated rings. The summed E-state index contributed by atoms with van der Waals surface area (Å²) in [4.78, 5) is 10.0. The summed E-state index contributed by atoms with van der Waals surface area (Å²) >= 11 is 0. The highest BCUT2D eigenvalue weighted by atomic mass is 16.1. The SMILES string of the molecule is C=C(C)c1ccc(C#CCC=O)cc1. The van der Waals surface area contributed by atoms with E-state index in [1.807, 2.05) is 31.2 Å². The van der Waals surface area contributed by atoms with Crippen LogP contribution in [0.3, 0.4) is 0 Å². The quantitative estimate of drug-likeness (QED) is 0.510. The zero-order valence-electron chi connectivity index (χ0n) is 8.21. The van der Waals surface area contributed by atoms with Crippen LogP contribution >= 0.6 is 0 Å². The molecule has 1 aromatic carbocycles. The molecule has 0 aliphatic heterocycles. The minimum Gasteiger partial charge on any atom is -0.302 e. The van der Waals surface area contributed by atoms with E-state index in [2.05, 4.69) is 18.4 Å². The van der Waals surface area contributed by atoms with Crippen LogP contribution in [-0.2, 0) is 4.79 Å². The van der Waals surface area contributed by atoms with Crippen LogP contribution < -0.4 is 0 Å². The first-order valence-corrected chi connectivity index (χ1v) is 4.42. The Kier molecular flexibility index (Phi) is 3.69. The molecule has 0 bridgehead atoms. The fourth-order valence-electron chi connectivity index (χ4n) is 1.03. The average molecular weight is 184 g/mol. The Bertz CT molecular complexity index is 387. The van der Waals surface area contributed by atoms with Crippen molar-refractivity contribution in [3.05, 3.63) is 42.0 Å². The van der Waals surface area contributed by atoms with Crippen LogP contribution in [0, 0.1) is 11.8 Å². The number of benzene rings is 1. The predicted molar refractivity (Wildman–Crippen MR) is 58.7 cm³/mol. The van der Waals surface area contributed by atoms with Gasteiger partial charge in [0, 0.05) is 5.56 Å². The van der Waals surface area contributed by atoms with Crippen LogP contribution in [-0.4, -0.2) is 6.29 Å². The lowest BCUT2D eigenvalue weighted by Crippen LogP contribution is -1.79. The van der Waals surface area contributed by atoms with Crippen molar-refractivity contribution in [2.45, 2.75) is 13.3 Å². The smallest absolute Gasteiger partial charge is 0.131 e. The molecular formula is C13H12O. The standard InChI is InChI=1S/C13H12O/c1-11(2)13-8-6-12(7-9-13)5-3-4-10-14/h6-10H,1,4H2,2H3. The van der Waals surface area contributed by atoms with Crippen LogP contribution in [0.15, 0.2) is 30.8 Å². The van der Waals surface area contributed by atoms with E-state index in [1.54, 1.807) is 0 Å². The summed E-state index contributed by atoms with van der Waals surface area (Å²) in [6.07, 6.45) is 1.09. The van der Waals surface area contributed by atoms with Gasteiger partial charge < -0.3 is 4.79 Å². The van der Waals surface area contributed by atoms with Crippen LogP contribution in [0.5, 0.6) is 0 Å². The Morgan fingerprint density at radius 3 is 2.57 bits per heavy atom. The summed E-state index contributed by atoms with van der Waals surface area (Å²) in [5.41, 5.74) is 3.08. The molecule has 0 aliphatic carbocycles. The van der Waals surface area contributed by atoms with Crippen molar-refractivity contribution in [3.63, 3.8) is 0 Å². The molecule has 0 unspecified atom stereocenters. The van der Waals surface area contributed by atoms with Crippen molar-refractivity contribution in [2.75, 3.05) is 0 Å². The Morgan fingerprint density at radius 1 is 1.43 bits per heavy atom. The number of hydrogen-bond acceptors (Lipinski definition) is 1. The third-order valence-electron chi connectivity index (χ3n) is 1.80. The lowest BCUT2D eigenvalue weighted by Gasteiger charge is -1.98. The molecule has 70 valence electrons. The van der Waals surface area contributed by atoms with E-state index in [0.29, 0.717) is 6.42 Å². The highest BCUT2D eigenvalue weighted by molar-refractivity contribution is 5.62. The topological polar surface area (TPSA) is 17.1 Å². The molecule has 14 heavy (non-hydrogen) atoms. The monoisotopic (exact) mass is 184 g/mol. The van der Waals surface area contributed by atoms with Crippen LogP contribution in [0.4, 0.5) is 0 Å². The highest BCUT2D eigenvalue weighted by Crippen LogP contribution is 2.11. The van der Waals surface area contributed by atoms with Crippen molar-refractivity contribution >= 4 is 11.9 Å². The number of carbonyl (C=O) groups excluding carboxylic acids is 1. The summed E-state index contributed by atoms with van der Waals surface area (Å²) in [5, 5.41) is 0. The molecular weight excluding hydrogens is 172 g/mol. The zero-order chi connectivity index (χ0) is 10.4. The Morgan fingerprint density at radius 2 is 2.07 bits per heavy atom. The van der Waals surface area contributed by atoms with Crippen molar-refractivity contribution in [1.82, 2.24) is 0 Å². The maximum absolute atomic E-state index is 10.0. The van der Waals surface area contributed by atoms with Gasteiger partial charge in [-0.25, -0.2) is 0 Å². The number of hydrogen-bond donors (Lipinski definition) is 0. The Balaban J connectivity index is 2.80. The third kappa shape index (κ3) is 2.91. The second-order valence-electron chi connectivity index (χ2n) is 3.03. The highest BCUT2D eigenvalue weighted by Gasteiger charge is 1.91. The second kappa shape index (κ2) is 5.04. The fraction of sp³-hybridized carbons (Fsp3) is 0.154. The minimum atomic E-state index is 0.294. The first-order chi connectivity index (χ1) is 6.74. The van der Waals surface area contributed by atoms with Crippen LogP contribution in [0.2, 0.25) is 0 Å². The van der Waals surface area contributed by atoms with Crippen molar-refractivity contribution in [3.8, 4) is 11.8 Å². The fourth-order valence-corrected chi connectivity index (χ4v) is 1.03. The molecule has 0 aromatic heterocycles. The van der Waals surface area contributed by atoms with Gasteiger partial charge in [-0.05, 0) is 24.6 Å². The summed E-state index contributed by atoms with van der Waals surface area (Å²) in [5.74, 6) is 5.66. The molecule has 1 heteroatoms. The predicted octanol–water partition coefficient (Wildman–Crippen LogP) is 2.66. The molecule has 0 aliphatic rings. The van der Waals surface area contributed by atoms with E-state index in [0.717, 1.165) is 23.0 Å². The van der Waals surface area contributed by atoms with E-state index < -0.39 is 0 Å². The van der Waals surface area contributed by atoms with Crippen LogP contribution in [0.25, 0.3) is 5.57 Å². The summed E-state index contributed by atoms with van der Waals surface area (Å²) < 4.78 is 0. The number of rotatable bonds is 2. The molecule has 0 saturated heterocycles. The summed E-state index contributed by atoms with van der Waals surface area (Å²) in [6, 6.07) is 7.82. The van der Waals surface area contributed by atoms with Gasteiger partial charge in [-0.2, -0.15) is 0 Å². The van der Waals surface area contributed by atoms with Crippen molar-refractivity contribution in [1.29, 1.82) is 0 Å². The molecule has 0 heterocycles. The molecule has 0 N–H and O–H groups in total. The summed E-state index contributed by atoms with van der Waals surface area (Å²) in [6.45, 7) is 5.81. The van der Waals surface area contributed by atoms with Crippen LogP contribution in [0.1, 0.15) is 24.5 Å². The maximum Gasteiger partial charge on any atom is 0.131 e. The molecule has 0 radical (unpaired) electrons. The molecule has 1 nitrogen and oxygen atoms in total. The van der Waals surface area contributed by atoms with Gasteiger partial charge in [0.25, 0.3) is 0 Å². The van der Waals surface area contributed by atoms with E-state index >= 15 is 0 Å². The first-order valence-electron chi connectivity index (χ1n) is 4.42. The van der Waals surface area contributed by atoms with E-state index in [-0.39, 0.29) is 0 Å². The number of carbonyl (C=O) groups is 1. The maximum atomic E-state index is 10.0. The lowest BCUT2D eigenvalue weighted by atomic mass is 10.1. The third-order valence-corrected chi connectivity index (χ3v) is 1.80. The zero-order valence-corrected chi connectivity index (χ0v) is 8.21. The van der Waals surface area contributed by atoms with Gasteiger partial charge in [0.15, 0.2) is 0 Å². The summed E-state index contributed by atoms with van der Waals surface area (Å²) in [7, 11) is 0. The van der Waals surface area contributed by atoms with Gasteiger partial charge in [0.2, 0.25) is 0 Å². The van der Waals surface area contributed by atoms with E-state index in [1.165, 1.54) is 0 Å². The lowest BCUT2D eigenvalue weighted by molar-refractivity contribution is -0.107. The van der Waals surface area contributed by atoms with Crippen molar-refractivity contribution < 1.29 is 4.79 Å². The average Bonchev–Trinajstić information content (AvgIpc) is 2.19. The Labute approximate surface area is 84.5 Å². The molecule has 0 spiro atoms. The first kappa shape index (κ1) is 10.3. The van der Waals surface area contributed by atoms with Crippen molar-refractivity contribution in [2.24, 2.45) is 0 Å². The van der Waals surface area contributed by atoms with Gasteiger partial charge in [-0.3, -0.25) is 0 Å². The van der Waals surface area contributed by atoms with E-state index in [4.69, 9.17) is 0 Å². The van der Waals surface area contributed by atoms with E-state index in [9.17, 15) is 4.79 Å². The molecule has 1 rings (SSSR count). The van der Waals surface area contributed by atoms with Gasteiger partial charge in [0.1, 0.15) is 6.29 Å². The minimum absolute atomic E-state index is 0.294. The molecule has 0 atom stereocenters. The second-order valence-corrected chi connectivity index (χ2v) is 3.03.